The van der Waals surface area contributed by atoms with Crippen molar-refractivity contribution in [2.75, 3.05) is 13.1 Å². The molecule has 2 aromatic carbocycles. The molecule has 12 heteroatoms. The van der Waals surface area contributed by atoms with Crippen molar-refractivity contribution in [3.8, 4) is 0 Å². The molecule has 188 valence electrons. The predicted molar refractivity (Wildman–Crippen MR) is 130 cm³/mol. The smallest absolute Gasteiger partial charge is 0.391 e. The van der Waals surface area contributed by atoms with Crippen molar-refractivity contribution < 1.29 is 27.9 Å². The van der Waals surface area contributed by atoms with E-state index in [9.17, 15) is 27.9 Å². The Morgan fingerprint density at radius 1 is 1.22 bits per heavy atom. The number of carbonyl (C=O) groups excluding carboxylic acids is 2. The molecule has 2 N–H and O–H groups in total. The van der Waals surface area contributed by atoms with Gasteiger partial charge in [-0.25, -0.2) is 0 Å². The highest BCUT2D eigenvalue weighted by Gasteiger charge is 2.43. The van der Waals surface area contributed by atoms with E-state index in [1.54, 1.807) is 24.3 Å². The number of rotatable bonds is 4. The Hall–Kier alpha value is -2.86. The van der Waals surface area contributed by atoms with E-state index in [-0.39, 0.29) is 22.0 Å². The van der Waals surface area contributed by atoms with Crippen LogP contribution in [0.4, 0.5) is 18.0 Å². The van der Waals surface area contributed by atoms with E-state index in [0.29, 0.717) is 36.0 Å². The third-order valence-electron chi connectivity index (χ3n) is 6.23. The fraction of sp³-hybridized carbons (Fsp3) is 0.292. The van der Waals surface area contributed by atoms with Crippen molar-refractivity contribution in [3.63, 3.8) is 0 Å². The summed E-state index contributed by atoms with van der Waals surface area (Å²) in [6.45, 7) is 0.847. The number of nitrogens with one attached hydrogen (secondary N) is 1. The van der Waals surface area contributed by atoms with Gasteiger partial charge in [0, 0.05) is 17.0 Å². The van der Waals surface area contributed by atoms with Gasteiger partial charge in [0.15, 0.2) is 0 Å². The van der Waals surface area contributed by atoms with Gasteiger partial charge in [-0.2, -0.15) is 18.3 Å². The number of carbonyl (C=O) groups is 2. The number of aliphatic hydroxyl groups is 1. The molecular weight excluding hydrogens is 517 g/mol. The number of hydrogen-bond donors (Lipinski definition) is 2. The topological polar surface area (TPSA) is 87.5 Å². The number of thioether (sulfide) groups is 1. The average Bonchev–Trinajstić information content (AvgIpc) is 3.34. The van der Waals surface area contributed by atoms with Crippen molar-refractivity contribution >= 4 is 51.5 Å². The number of nitrogens with zero attached hydrogens (tertiary/aromatic N) is 3. The van der Waals surface area contributed by atoms with Gasteiger partial charge in [-0.1, -0.05) is 23.7 Å². The number of imide groups is 1. The van der Waals surface area contributed by atoms with Gasteiger partial charge < -0.3 is 10.4 Å². The summed E-state index contributed by atoms with van der Waals surface area (Å²) in [6.07, 6.45) is -1.76. The normalized spacial score (nSPS) is 22.2. The summed E-state index contributed by atoms with van der Waals surface area (Å²) in [5, 5.41) is 17.8. The molecule has 0 bridgehead atoms. The van der Waals surface area contributed by atoms with Crippen LogP contribution in [0.3, 0.4) is 0 Å². The first-order chi connectivity index (χ1) is 17.1. The van der Waals surface area contributed by atoms with E-state index in [1.165, 1.54) is 23.0 Å². The minimum absolute atomic E-state index is 0.000265. The van der Waals surface area contributed by atoms with E-state index in [4.69, 9.17) is 11.6 Å². The zero-order chi connectivity index (χ0) is 25.6. The van der Waals surface area contributed by atoms with Crippen molar-refractivity contribution in [3.05, 3.63) is 69.2 Å². The number of fused-ring (bicyclic) bond motifs is 1. The molecule has 3 aromatic rings. The number of alkyl halides is 3. The monoisotopic (exact) mass is 536 g/mol. The molecule has 1 aromatic heterocycles. The lowest BCUT2D eigenvalue weighted by atomic mass is 10.0. The van der Waals surface area contributed by atoms with Crippen LogP contribution in [0.5, 0.6) is 0 Å². The molecule has 2 aliphatic rings. The highest BCUT2D eigenvalue weighted by Crippen LogP contribution is 2.36. The SMILES string of the molecule is O=C1SC(=Cc2ccc3c(cnn3Cc3ccc(Cl)cc3C(F)(F)F)c2)C(=O)N1[C@H]1CNCC[C@@H]1O. The van der Waals surface area contributed by atoms with E-state index < -0.39 is 35.0 Å². The third kappa shape index (κ3) is 4.75. The van der Waals surface area contributed by atoms with Crippen LogP contribution in [0.1, 0.15) is 23.1 Å². The van der Waals surface area contributed by atoms with E-state index >= 15 is 0 Å². The first-order valence-corrected chi connectivity index (χ1v) is 12.3. The molecule has 0 radical (unpaired) electrons. The van der Waals surface area contributed by atoms with Crippen molar-refractivity contribution in [2.24, 2.45) is 0 Å². The molecule has 2 aliphatic heterocycles. The van der Waals surface area contributed by atoms with Gasteiger partial charge in [-0.05, 0) is 66.2 Å². The van der Waals surface area contributed by atoms with Gasteiger partial charge >= 0.3 is 6.18 Å². The minimum atomic E-state index is -4.55. The molecule has 2 fully saturated rings. The lowest BCUT2D eigenvalue weighted by molar-refractivity contribution is -0.138. The maximum absolute atomic E-state index is 13.5. The minimum Gasteiger partial charge on any atom is -0.391 e. The summed E-state index contributed by atoms with van der Waals surface area (Å²) < 4.78 is 41.9. The number of halogens is 4. The maximum atomic E-state index is 13.5. The third-order valence-corrected chi connectivity index (χ3v) is 7.35. The summed E-state index contributed by atoms with van der Waals surface area (Å²) in [5.41, 5.74) is 0.468. The summed E-state index contributed by atoms with van der Waals surface area (Å²) in [4.78, 5) is 26.8. The predicted octanol–water partition coefficient (Wildman–Crippen LogP) is 4.52. The zero-order valence-electron chi connectivity index (χ0n) is 18.6. The van der Waals surface area contributed by atoms with E-state index in [1.807, 2.05) is 0 Å². The molecule has 7 nitrogen and oxygen atoms in total. The van der Waals surface area contributed by atoms with Gasteiger partial charge in [-0.3, -0.25) is 19.2 Å². The Kier molecular flexibility index (Phi) is 6.58. The molecule has 0 saturated carbocycles. The highest BCUT2D eigenvalue weighted by atomic mass is 35.5. The molecular formula is C24H20ClF3N4O3S. The second-order valence-corrected chi connectivity index (χ2v) is 10.0. The van der Waals surface area contributed by atoms with Crippen LogP contribution in [0.15, 0.2) is 47.5 Å². The first kappa shape index (κ1) is 24.8. The Balaban J connectivity index is 1.40. The fourth-order valence-electron chi connectivity index (χ4n) is 4.44. The number of amides is 2. The van der Waals surface area contributed by atoms with Gasteiger partial charge in [0.2, 0.25) is 0 Å². The Morgan fingerprint density at radius 2 is 2.03 bits per heavy atom. The average molecular weight is 537 g/mol. The quantitative estimate of drug-likeness (QED) is 0.477. The molecule has 5 rings (SSSR count). The van der Waals surface area contributed by atoms with E-state index in [2.05, 4.69) is 10.4 Å². The maximum Gasteiger partial charge on any atom is 0.416 e. The molecule has 2 amide bonds. The fourth-order valence-corrected chi connectivity index (χ4v) is 5.50. The molecule has 3 heterocycles. The largest absolute Gasteiger partial charge is 0.416 e. The van der Waals surface area contributed by atoms with Crippen molar-refractivity contribution in [1.29, 1.82) is 0 Å². The molecule has 0 unspecified atom stereocenters. The number of piperidine rings is 1. The Morgan fingerprint density at radius 3 is 2.78 bits per heavy atom. The molecule has 2 atom stereocenters. The number of aliphatic hydroxyl groups excluding tert-OH is 1. The van der Waals surface area contributed by atoms with Crippen LogP contribution < -0.4 is 5.32 Å². The Labute approximate surface area is 212 Å². The molecule has 0 spiro atoms. The summed E-state index contributed by atoms with van der Waals surface area (Å²) in [6, 6.07) is 8.18. The number of benzene rings is 2. The highest BCUT2D eigenvalue weighted by molar-refractivity contribution is 8.18. The van der Waals surface area contributed by atoms with E-state index in [0.717, 1.165) is 22.7 Å². The van der Waals surface area contributed by atoms with Crippen LogP contribution in [-0.2, 0) is 17.5 Å². The summed E-state index contributed by atoms with van der Waals surface area (Å²) in [7, 11) is 0. The standard InChI is InChI=1S/C24H20ClF3N4O3S/c25-16-3-2-14(17(9-16)24(26,27)28)12-31-18-4-1-13(7-15(18)10-30-31)8-21-22(34)32(23(35)36-21)19-11-29-6-5-20(19)33/h1-4,7-10,19-20,29,33H,5-6,11-12H2/t19-,20-/m0/s1. The summed E-state index contributed by atoms with van der Waals surface area (Å²) in [5.74, 6) is -0.462. The lowest BCUT2D eigenvalue weighted by Crippen LogP contribution is -2.55. The lowest BCUT2D eigenvalue weighted by Gasteiger charge is -2.33. The van der Waals surface area contributed by atoms with Crippen LogP contribution in [0, 0.1) is 0 Å². The van der Waals surface area contributed by atoms with Gasteiger partial charge in [-0.15, -0.1) is 0 Å². The van der Waals surface area contributed by atoms with Crippen LogP contribution >= 0.6 is 23.4 Å². The first-order valence-electron chi connectivity index (χ1n) is 11.1. The number of aromatic nitrogens is 2. The molecule has 2 saturated heterocycles. The summed E-state index contributed by atoms with van der Waals surface area (Å²) >= 11 is 6.58. The van der Waals surface area contributed by atoms with Gasteiger partial charge in [0.1, 0.15) is 0 Å². The molecule has 0 aliphatic carbocycles. The van der Waals surface area contributed by atoms with Gasteiger partial charge in [0.05, 0.1) is 40.9 Å². The zero-order valence-corrected chi connectivity index (χ0v) is 20.2. The Bertz CT molecular complexity index is 1390. The second kappa shape index (κ2) is 9.55. The van der Waals surface area contributed by atoms with Gasteiger partial charge in [0.25, 0.3) is 11.1 Å². The van der Waals surface area contributed by atoms with Crippen LogP contribution in [0.2, 0.25) is 5.02 Å². The van der Waals surface area contributed by atoms with Crippen LogP contribution in [-0.4, -0.2) is 56.2 Å². The van der Waals surface area contributed by atoms with Crippen LogP contribution in [0.25, 0.3) is 17.0 Å². The molecule has 36 heavy (non-hydrogen) atoms. The second-order valence-electron chi connectivity index (χ2n) is 8.60. The van der Waals surface area contributed by atoms with Crippen molar-refractivity contribution in [1.82, 2.24) is 20.0 Å². The van der Waals surface area contributed by atoms with Crippen molar-refractivity contribution in [2.45, 2.75) is 31.3 Å². The number of hydrogen-bond acceptors (Lipinski definition) is 6.